The molecule has 2 amide bonds. The van der Waals surface area contributed by atoms with Crippen molar-refractivity contribution in [3.05, 3.63) is 65.2 Å². The van der Waals surface area contributed by atoms with Gasteiger partial charge in [0.15, 0.2) is 6.10 Å². The van der Waals surface area contributed by atoms with E-state index in [1.165, 1.54) is 6.92 Å². The molecule has 0 saturated carbocycles. The number of rotatable bonds is 7. The number of amides is 2. The highest BCUT2D eigenvalue weighted by atomic mass is 16.5. The molecule has 0 spiro atoms. The summed E-state index contributed by atoms with van der Waals surface area (Å²) in [4.78, 5) is 36.0. The number of aryl methyl sites for hydroxylation is 2. The SMILES string of the molecule is Cc1cccc(C)c1NC(=O)CNC(=O)C(C)OC(=O)Cc1ccccc1. The average Bonchev–Trinajstić information content (AvgIpc) is 2.63. The van der Waals surface area contributed by atoms with Gasteiger partial charge >= 0.3 is 5.97 Å². The summed E-state index contributed by atoms with van der Waals surface area (Å²) in [5, 5.41) is 5.27. The zero-order valence-electron chi connectivity index (χ0n) is 15.7. The molecule has 0 radical (unpaired) electrons. The second-order valence-corrected chi connectivity index (χ2v) is 6.33. The number of carbonyl (C=O) groups is 3. The summed E-state index contributed by atoms with van der Waals surface area (Å²) in [6.45, 7) is 5.07. The Morgan fingerprint density at radius 2 is 1.59 bits per heavy atom. The molecule has 1 atom stereocenters. The van der Waals surface area contributed by atoms with Crippen LogP contribution in [0.4, 0.5) is 5.69 Å². The molecular weight excluding hydrogens is 344 g/mol. The van der Waals surface area contributed by atoms with Gasteiger partial charge in [0, 0.05) is 5.69 Å². The average molecular weight is 368 g/mol. The van der Waals surface area contributed by atoms with E-state index in [-0.39, 0.29) is 18.9 Å². The number of hydrogen-bond donors (Lipinski definition) is 2. The van der Waals surface area contributed by atoms with Gasteiger partial charge in [-0.15, -0.1) is 0 Å². The normalized spacial score (nSPS) is 11.4. The molecule has 2 aromatic rings. The minimum Gasteiger partial charge on any atom is -0.452 e. The van der Waals surface area contributed by atoms with E-state index in [0.717, 1.165) is 22.4 Å². The maximum absolute atomic E-state index is 12.1. The minimum atomic E-state index is -0.978. The molecule has 142 valence electrons. The summed E-state index contributed by atoms with van der Waals surface area (Å²) in [6.07, 6.45) is -0.889. The van der Waals surface area contributed by atoms with Crippen molar-refractivity contribution in [2.45, 2.75) is 33.3 Å². The molecule has 2 aromatic carbocycles. The largest absolute Gasteiger partial charge is 0.452 e. The van der Waals surface area contributed by atoms with E-state index in [1.807, 2.05) is 62.4 Å². The van der Waals surface area contributed by atoms with Gasteiger partial charge in [0.25, 0.3) is 5.91 Å². The lowest BCUT2D eigenvalue weighted by atomic mass is 10.1. The van der Waals surface area contributed by atoms with E-state index in [0.29, 0.717) is 0 Å². The molecule has 0 aliphatic carbocycles. The highest BCUT2D eigenvalue weighted by Crippen LogP contribution is 2.18. The van der Waals surface area contributed by atoms with Crippen molar-refractivity contribution in [1.82, 2.24) is 5.32 Å². The molecule has 6 nitrogen and oxygen atoms in total. The lowest BCUT2D eigenvalue weighted by molar-refractivity contribution is -0.154. The smallest absolute Gasteiger partial charge is 0.311 e. The Bertz CT molecular complexity index is 798. The van der Waals surface area contributed by atoms with Crippen LogP contribution in [0.15, 0.2) is 48.5 Å². The number of benzene rings is 2. The third-order valence-corrected chi connectivity index (χ3v) is 4.04. The number of esters is 1. The van der Waals surface area contributed by atoms with Gasteiger partial charge in [-0.1, -0.05) is 48.5 Å². The Balaban J connectivity index is 1.78. The zero-order chi connectivity index (χ0) is 19.8. The van der Waals surface area contributed by atoms with Crippen LogP contribution >= 0.6 is 0 Å². The van der Waals surface area contributed by atoms with Crippen molar-refractivity contribution in [2.24, 2.45) is 0 Å². The standard InChI is InChI=1S/C21H24N2O4/c1-14-8-7-9-15(2)20(14)23-18(24)13-22-21(26)16(3)27-19(25)12-17-10-5-4-6-11-17/h4-11,16H,12-13H2,1-3H3,(H,22,26)(H,23,24). The van der Waals surface area contributed by atoms with Gasteiger partial charge in [-0.25, -0.2) is 0 Å². The molecule has 0 aliphatic rings. The Kier molecular flexibility index (Phi) is 7.11. The van der Waals surface area contributed by atoms with Crippen LogP contribution in [0, 0.1) is 13.8 Å². The summed E-state index contributed by atoms with van der Waals surface area (Å²) < 4.78 is 5.12. The monoisotopic (exact) mass is 368 g/mol. The van der Waals surface area contributed by atoms with Crippen molar-refractivity contribution < 1.29 is 19.1 Å². The van der Waals surface area contributed by atoms with Gasteiger partial charge in [0.1, 0.15) is 0 Å². The minimum absolute atomic E-state index is 0.0888. The molecular formula is C21H24N2O4. The Labute approximate surface area is 158 Å². The highest BCUT2D eigenvalue weighted by molar-refractivity contribution is 5.96. The predicted molar refractivity (Wildman–Crippen MR) is 103 cm³/mol. The number of hydrogen-bond acceptors (Lipinski definition) is 4. The van der Waals surface area contributed by atoms with Gasteiger partial charge in [-0.3, -0.25) is 14.4 Å². The van der Waals surface area contributed by atoms with Gasteiger partial charge in [-0.05, 0) is 37.5 Å². The van der Waals surface area contributed by atoms with Crippen LogP contribution in [0.1, 0.15) is 23.6 Å². The van der Waals surface area contributed by atoms with E-state index in [4.69, 9.17) is 4.74 Å². The van der Waals surface area contributed by atoms with Gasteiger partial charge < -0.3 is 15.4 Å². The number of anilines is 1. The number of carbonyl (C=O) groups excluding carboxylic acids is 3. The van der Waals surface area contributed by atoms with Crippen molar-refractivity contribution in [3.8, 4) is 0 Å². The fourth-order valence-electron chi connectivity index (χ4n) is 2.56. The van der Waals surface area contributed by atoms with E-state index >= 15 is 0 Å². The second kappa shape index (κ2) is 9.52. The second-order valence-electron chi connectivity index (χ2n) is 6.33. The number of para-hydroxylation sites is 1. The first-order valence-corrected chi connectivity index (χ1v) is 8.74. The maximum Gasteiger partial charge on any atom is 0.311 e. The zero-order valence-corrected chi connectivity index (χ0v) is 15.7. The van der Waals surface area contributed by atoms with Crippen molar-refractivity contribution in [2.75, 3.05) is 11.9 Å². The third kappa shape index (κ3) is 6.26. The Morgan fingerprint density at radius 3 is 2.22 bits per heavy atom. The number of ether oxygens (including phenoxy) is 1. The fourth-order valence-corrected chi connectivity index (χ4v) is 2.56. The molecule has 0 fully saturated rings. The number of nitrogens with one attached hydrogen (secondary N) is 2. The molecule has 0 aromatic heterocycles. The Morgan fingerprint density at radius 1 is 0.963 bits per heavy atom. The summed E-state index contributed by atoms with van der Waals surface area (Å²) >= 11 is 0. The van der Waals surface area contributed by atoms with E-state index < -0.39 is 18.0 Å². The Hall–Kier alpha value is -3.15. The van der Waals surface area contributed by atoms with Crippen molar-refractivity contribution >= 4 is 23.5 Å². The maximum atomic E-state index is 12.1. The predicted octanol–water partition coefficient (Wildman–Crippen LogP) is 2.53. The van der Waals surface area contributed by atoms with Crippen molar-refractivity contribution in [1.29, 1.82) is 0 Å². The van der Waals surface area contributed by atoms with Gasteiger partial charge in [0.2, 0.25) is 5.91 Å². The van der Waals surface area contributed by atoms with Crippen LogP contribution in [0.5, 0.6) is 0 Å². The topological polar surface area (TPSA) is 84.5 Å². The molecule has 2 rings (SSSR count). The summed E-state index contributed by atoms with van der Waals surface area (Å²) in [5.41, 5.74) is 3.43. The summed E-state index contributed by atoms with van der Waals surface area (Å²) in [5.74, 6) is -1.36. The molecule has 1 unspecified atom stereocenters. The van der Waals surface area contributed by atoms with Crippen LogP contribution < -0.4 is 10.6 Å². The molecule has 0 heterocycles. The first kappa shape index (κ1) is 20.2. The molecule has 2 N–H and O–H groups in total. The van der Waals surface area contributed by atoms with E-state index in [1.54, 1.807) is 0 Å². The summed E-state index contributed by atoms with van der Waals surface area (Å²) in [7, 11) is 0. The first-order chi connectivity index (χ1) is 12.9. The fraction of sp³-hybridized carbons (Fsp3) is 0.286. The quantitative estimate of drug-likeness (QED) is 0.736. The van der Waals surface area contributed by atoms with Crippen LogP contribution in [-0.2, 0) is 25.5 Å². The molecule has 6 heteroatoms. The molecule has 0 bridgehead atoms. The van der Waals surface area contributed by atoms with Crippen LogP contribution in [0.3, 0.4) is 0 Å². The van der Waals surface area contributed by atoms with Gasteiger partial charge in [-0.2, -0.15) is 0 Å². The van der Waals surface area contributed by atoms with E-state index in [2.05, 4.69) is 10.6 Å². The molecule has 27 heavy (non-hydrogen) atoms. The lowest BCUT2D eigenvalue weighted by Gasteiger charge is -2.15. The van der Waals surface area contributed by atoms with Gasteiger partial charge in [0.05, 0.1) is 13.0 Å². The van der Waals surface area contributed by atoms with Crippen LogP contribution in [-0.4, -0.2) is 30.4 Å². The molecule has 0 aliphatic heterocycles. The molecule has 0 saturated heterocycles. The summed E-state index contributed by atoms with van der Waals surface area (Å²) in [6, 6.07) is 14.8. The lowest BCUT2D eigenvalue weighted by Crippen LogP contribution is -2.40. The van der Waals surface area contributed by atoms with Crippen LogP contribution in [0.2, 0.25) is 0 Å². The highest BCUT2D eigenvalue weighted by Gasteiger charge is 2.19. The van der Waals surface area contributed by atoms with Crippen LogP contribution in [0.25, 0.3) is 0 Å². The van der Waals surface area contributed by atoms with Crippen molar-refractivity contribution in [3.63, 3.8) is 0 Å². The van der Waals surface area contributed by atoms with E-state index in [9.17, 15) is 14.4 Å². The third-order valence-electron chi connectivity index (χ3n) is 4.04. The first-order valence-electron chi connectivity index (χ1n) is 8.74.